The van der Waals surface area contributed by atoms with E-state index in [9.17, 15) is 0 Å². The molecule has 0 aliphatic rings. The molecule has 102 valence electrons. The van der Waals surface area contributed by atoms with Gasteiger partial charge in [0.2, 0.25) is 0 Å². The van der Waals surface area contributed by atoms with Crippen molar-refractivity contribution in [1.29, 1.82) is 0 Å². The SMILES string of the molecule is C=CCCC[Si](C)(OCCCC)OCCCC. The predicted octanol–water partition coefficient (Wildman–Crippen LogP) is 4.66. The van der Waals surface area contributed by atoms with Crippen LogP contribution >= 0.6 is 0 Å². The molecule has 0 rings (SSSR count). The van der Waals surface area contributed by atoms with Crippen LogP contribution in [-0.4, -0.2) is 21.8 Å². The highest BCUT2D eigenvalue weighted by Gasteiger charge is 2.30. The molecule has 0 saturated carbocycles. The fraction of sp³-hybridized carbons (Fsp3) is 0.857. The van der Waals surface area contributed by atoms with Crippen molar-refractivity contribution in [2.75, 3.05) is 13.2 Å². The summed E-state index contributed by atoms with van der Waals surface area (Å²) in [6.45, 7) is 12.1. The molecule has 0 amide bonds. The molecule has 0 fully saturated rings. The quantitative estimate of drug-likeness (QED) is 0.288. The number of hydrogen-bond acceptors (Lipinski definition) is 2. The third kappa shape index (κ3) is 9.57. The first-order valence-corrected chi connectivity index (χ1v) is 9.59. The van der Waals surface area contributed by atoms with Gasteiger partial charge in [-0.3, -0.25) is 0 Å². The lowest BCUT2D eigenvalue weighted by Crippen LogP contribution is -2.39. The molecule has 3 heteroatoms. The lowest BCUT2D eigenvalue weighted by molar-refractivity contribution is 0.168. The molecule has 2 nitrogen and oxygen atoms in total. The van der Waals surface area contributed by atoms with Crippen LogP contribution in [0.2, 0.25) is 12.6 Å². The van der Waals surface area contributed by atoms with E-state index >= 15 is 0 Å². The van der Waals surface area contributed by atoms with E-state index in [-0.39, 0.29) is 0 Å². The number of unbranched alkanes of at least 4 members (excludes halogenated alkanes) is 3. The van der Waals surface area contributed by atoms with Gasteiger partial charge in [0.15, 0.2) is 0 Å². The van der Waals surface area contributed by atoms with Crippen LogP contribution in [0.3, 0.4) is 0 Å². The van der Waals surface area contributed by atoms with Crippen LogP contribution in [0.15, 0.2) is 12.7 Å². The van der Waals surface area contributed by atoms with E-state index in [1.807, 2.05) is 6.08 Å². The van der Waals surface area contributed by atoms with Crippen molar-refractivity contribution in [2.24, 2.45) is 0 Å². The van der Waals surface area contributed by atoms with E-state index in [0.717, 1.165) is 44.9 Å². The highest BCUT2D eigenvalue weighted by atomic mass is 28.4. The molecule has 0 N–H and O–H groups in total. The third-order valence-corrected chi connectivity index (χ3v) is 5.74. The van der Waals surface area contributed by atoms with Gasteiger partial charge in [-0.05, 0) is 38.3 Å². The fourth-order valence-corrected chi connectivity index (χ4v) is 3.99. The van der Waals surface area contributed by atoms with Crippen molar-refractivity contribution in [3.05, 3.63) is 12.7 Å². The number of hydrogen-bond donors (Lipinski definition) is 0. The Bertz CT molecular complexity index is 173. The van der Waals surface area contributed by atoms with E-state index in [1.54, 1.807) is 0 Å². The topological polar surface area (TPSA) is 18.5 Å². The molecule has 0 atom stereocenters. The van der Waals surface area contributed by atoms with Crippen molar-refractivity contribution in [2.45, 2.75) is 65.0 Å². The van der Waals surface area contributed by atoms with Crippen molar-refractivity contribution in [3.8, 4) is 0 Å². The molecule has 0 aromatic rings. The van der Waals surface area contributed by atoms with Crippen LogP contribution < -0.4 is 0 Å². The van der Waals surface area contributed by atoms with Crippen molar-refractivity contribution in [1.82, 2.24) is 0 Å². The molecular formula is C14H30O2Si. The molecule has 0 aliphatic heterocycles. The molecule has 0 saturated heterocycles. The average Bonchev–Trinajstić information content (AvgIpc) is 2.30. The highest BCUT2D eigenvalue weighted by Crippen LogP contribution is 2.18. The van der Waals surface area contributed by atoms with E-state index in [1.165, 1.54) is 12.8 Å². The van der Waals surface area contributed by atoms with E-state index in [4.69, 9.17) is 8.85 Å². The zero-order chi connectivity index (χ0) is 13.0. The minimum atomic E-state index is -1.91. The first-order valence-electron chi connectivity index (χ1n) is 7.07. The summed E-state index contributed by atoms with van der Waals surface area (Å²) in [4.78, 5) is 0. The molecule has 0 aromatic carbocycles. The molecule has 0 aliphatic carbocycles. The highest BCUT2D eigenvalue weighted by molar-refractivity contribution is 6.66. The van der Waals surface area contributed by atoms with Gasteiger partial charge in [-0.2, -0.15) is 0 Å². The zero-order valence-electron chi connectivity index (χ0n) is 12.0. The Morgan fingerprint density at radius 1 is 1.00 bits per heavy atom. The minimum Gasteiger partial charge on any atom is -0.394 e. The summed E-state index contributed by atoms with van der Waals surface area (Å²) < 4.78 is 12.1. The Hall–Kier alpha value is -0.123. The lowest BCUT2D eigenvalue weighted by atomic mass is 10.3. The molecule has 0 aromatic heterocycles. The van der Waals surface area contributed by atoms with Crippen molar-refractivity contribution in [3.63, 3.8) is 0 Å². The summed E-state index contributed by atoms with van der Waals surface area (Å²) >= 11 is 0. The van der Waals surface area contributed by atoms with Crippen LogP contribution in [0, 0.1) is 0 Å². The molecule has 0 radical (unpaired) electrons. The average molecular weight is 258 g/mol. The van der Waals surface area contributed by atoms with Gasteiger partial charge in [-0.15, -0.1) is 6.58 Å². The summed E-state index contributed by atoms with van der Waals surface area (Å²) in [5.41, 5.74) is 0. The van der Waals surface area contributed by atoms with Gasteiger partial charge >= 0.3 is 8.56 Å². The minimum absolute atomic E-state index is 0.861. The second-order valence-electron chi connectivity index (χ2n) is 4.72. The first kappa shape index (κ1) is 16.9. The molecule has 0 heterocycles. The van der Waals surface area contributed by atoms with Crippen LogP contribution in [0.4, 0.5) is 0 Å². The number of allylic oxidation sites excluding steroid dienone is 1. The maximum absolute atomic E-state index is 6.05. The maximum atomic E-state index is 6.05. The monoisotopic (exact) mass is 258 g/mol. The van der Waals surface area contributed by atoms with E-state index in [0.29, 0.717) is 0 Å². The van der Waals surface area contributed by atoms with Crippen LogP contribution in [-0.2, 0) is 8.85 Å². The van der Waals surface area contributed by atoms with Gasteiger partial charge in [0, 0.05) is 13.2 Å². The normalized spacial score (nSPS) is 11.7. The summed E-state index contributed by atoms with van der Waals surface area (Å²) in [5.74, 6) is 0. The van der Waals surface area contributed by atoms with Crippen LogP contribution in [0.5, 0.6) is 0 Å². The summed E-state index contributed by atoms with van der Waals surface area (Å²) in [5, 5.41) is 0. The Morgan fingerprint density at radius 2 is 1.53 bits per heavy atom. The Balaban J connectivity index is 3.98. The standard InChI is InChI=1S/C14H30O2Si/c1-5-8-11-14-17(4,15-12-9-6-2)16-13-10-7-3/h5H,1,6-14H2,2-4H3. The molecule has 17 heavy (non-hydrogen) atoms. The van der Waals surface area contributed by atoms with Gasteiger partial charge in [-0.25, -0.2) is 0 Å². The second kappa shape index (κ2) is 11.0. The second-order valence-corrected chi connectivity index (χ2v) is 8.06. The molecule has 0 unspecified atom stereocenters. The van der Waals surface area contributed by atoms with Gasteiger partial charge in [0.05, 0.1) is 0 Å². The third-order valence-electron chi connectivity index (χ3n) is 2.85. The van der Waals surface area contributed by atoms with Gasteiger partial charge < -0.3 is 8.85 Å². The van der Waals surface area contributed by atoms with Crippen molar-refractivity contribution >= 4 is 8.56 Å². The Morgan fingerprint density at radius 3 is 1.94 bits per heavy atom. The van der Waals surface area contributed by atoms with E-state index < -0.39 is 8.56 Å². The molecular weight excluding hydrogens is 228 g/mol. The molecule has 0 spiro atoms. The van der Waals surface area contributed by atoms with Gasteiger partial charge in [0.1, 0.15) is 0 Å². The van der Waals surface area contributed by atoms with Crippen molar-refractivity contribution < 1.29 is 8.85 Å². The van der Waals surface area contributed by atoms with Crippen LogP contribution in [0.1, 0.15) is 52.4 Å². The maximum Gasteiger partial charge on any atom is 0.334 e. The summed E-state index contributed by atoms with van der Waals surface area (Å²) in [6, 6.07) is 1.09. The van der Waals surface area contributed by atoms with Crippen LogP contribution in [0.25, 0.3) is 0 Å². The first-order chi connectivity index (χ1) is 8.18. The molecule has 0 bridgehead atoms. The smallest absolute Gasteiger partial charge is 0.334 e. The van der Waals surface area contributed by atoms with E-state index in [2.05, 4.69) is 27.0 Å². The van der Waals surface area contributed by atoms with Gasteiger partial charge in [0.25, 0.3) is 0 Å². The largest absolute Gasteiger partial charge is 0.394 e. The Kier molecular flexibility index (Phi) is 10.9. The predicted molar refractivity (Wildman–Crippen MR) is 77.6 cm³/mol. The number of rotatable bonds is 12. The van der Waals surface area contributed by atoms with Gasteiger partial charge in [-0.1, -0.05) is 32.8 Å². The lowest BCUT2D eigenvalue weighted by Gasteiger charge is -2.27. The summed E-state index contributed by atoms with van der Waals surface area (Å²) in [6.07, 6.45) is 8.84. The Labute approximate surface area is 109 Å². The summed E-state index contributed by atoms with van der Waals surface area (Å²) in [7, 11) is -1.91. The fourth-order valence-electron chi connectivity index (χ4n) is 1.62. The zero-order valence-corrected chi connectivity index (χ0v) is 13.0.